The van der Waals surface area contributed by atoms with Gasteiger partial charge in [0.2, 0.25) is 0 Å². The smallest absolute Gasteiger partial charge is 0.299 e. The number of anilines is 1. The molecule has 1 aromatic rings. The second-order valence-electron chi connectivity index (χ2n) is 4.84. The van der Waals surface area contributed by atoms with Crippen LogP contribution >= 0.6 is 15.9 Å². The maximum Gasteiger partial charge on any atom is 0.299 e. The van der Waals surface area contributed by atoms with Gasteiger partial charge in [-0.3, -0.25) is 9.59 Å². The van der Waals surface area contributed by atoms with E-state index in [1.807, 2.05) is 6.92 Å². The standard InChI is InChI=1S/C14H14BrF2NO2/c1-2-3-8(6-15)7-18-12-10(13(19)14(18)20)4-9(16)5-11(12)17/h4-5,8H,2-3,6-7H2,1H3. The number of nitrogens with zero attached hydrogens (tertiary/aromatic N) is 1. The van der Waals surface area contributed by atoms with Crippen molar-refractivity contribution in [3.8, 4) is 0 Å². The number of benzene rings is 1. The maximum absolute atomic E-state index is 13.9. The number of alkyl halides is 1. The van der Waals surface area contributed by atoms with Crippen molar-refractivity contribution in [2.24, 2.45) is 5.92 Å². The summed E-state index contributed by atoms with van der Waals surface area (Å²) in [5, 5.41) is 0.650. The minimum absolute atomic E-state index is 0.0940. The van der Waals surface area contributed by atoms with Crippen molar-refractivity contribution in [1.29, 1.82) is 0 Å². The van der Waals surface area contributed by atoms with Gasteiger partial charge in [0, 0.05) is 17.9 Å². The first-order chi connectivity index (χ1) is 9.49. The van der Waals surface area contributed by atoms with E-state index in [0.29, 0.717) is 11.4 Å². The van der Waals surface area contributed by atoms with E-state index in [9.17, 15) is 18.4 Å². The van der Waals surface area contributed by atoms with E-state index in [4.69, 9.17) is 0 Å². The topological polar surface area (TPSA) is 37.4 Å². The van der Waals surface area contributed by atoms with Crippen LogP contribution in [-0.2, 0) is 4.79 Å². The third-order valence-electron chi connectivity index (χ3n) is 3.34. The van der Waals surface area contributed by atoms with Gasteiger partial charge < -0.3 is 4.90 Å². The Hall–Kier alpha value is -1.30. The average Bonchev–Trinajstić information content (AvgIpc) is 2.63. The molecule has 1 heterocycles. The lowest BCUT2D eigenvalue weighted by Gasteiger charge is -2.22. The number of hydrogen-bond donors (Lipinski definition) is 0. The van der Waals surface area contributed by atoms with Crippen LogP contribution in [0.25, 0.3) is 0 Å². The largest absolute Gasteiger partial charge is 0.302 e. The molecular weight excluding hydrogens is 332 g/mol. The molecule has 0 saturated carbocycles. The van der Waals surface area contributed by atoms with Crippen LogP contribution in [0, 0.1) is 17.6 Å². The van der Waals surface area contributed by atoms with Crippen molar-refractivity contribution in [3.05, 3.63) is 29.3 Å². The summed E-state index contributed by atoms with van der Waals surface area (Å²) in [7, 11) is 0. The number of halogens is 3. The summed E-state index contributed by atoms with van der Waals surface area (Å²) < 4.78 is 27.1. The lowest BCUT2D eigenvalue weighted by Crippen LogP contribution is -2.35. The molecule has 0 aromatic heterocycles. The van der Waals surface area contributed by atoms with Gasteiger partial charge in [0.1, 0.15) is 5.82 Å². The quantitative estimate of drug-likeness (QED) is 0.606. The Morgan fingerprint density at radius 1 is 1.30 bits per heavy atom. The Morgan fingerprint density at radius 2 is 2.00 bits per heavy atom. The van der Waals surface area contributed by atoms with Crippen molar-refractivity contribution in [2.45, 2.75) is 19.8 Å². The summed E-state index contributed by atoms with van der Waals surface area (Å²) in [5.74, 6) is -3.24. The fraction of sp³-hybridized carbons (Fsp3) is 0.429. The average molecular weight is 346 g/mol. The summed E-state index contributed by atoms with van der Waals surface area (Å²) in [6.45, 7) is 2.26. The van der Waals surface area contributed by atoms with Crippen LogP contribution in [0.4, 0.5) is 14.5 Å². The van der Waals surface area contributed by atoms with Crippen LogP contribution in [0.2, 0.25) is 0 Å². The zero-order valence-corrected chi connectivity index (χ0v) is 12.5. The van der Waals surface area contributed by atoms with Gasteiger partial charge in [-0.2, -0.15) is 0 Å². The zero-order chi connectivity index (χ0) is 14.9. The van der Waals surface area contributed by atoms with Crippen LogP contribution in [-0.4, -0.2) is 23.6 Å². The van der Waals surface area contributed by atoms with E-state index in [0.717, 1.165) is 23.8 Å². The van der Waals surface area contributed by atoms with Crippen molar-refractivity contribution in [1.82, 2.24) is 0 Å². The minimum atomic E-state index is -0.871. The highest BCUT2D eigenvalue weighted by Crippen LogP contribution is 2.33. The van der Waals surface area contributed by atoms with Gasteiger partial charge >= 0.3 is 0 Å². The van der Waals surface area contributed by atoms with Crippen LogP contribution in [0.15, 0.2) is 12.1 Å². The fourth-order valence-corrected chi connectivity index (χ4v) is 2.94. The van der Waals surface area contributed by atoms with E-state index >= 15 is 0 Å². The van der Waals surface area contributed by atoms with Crippen LogP contribution in [0.1, 0.15) is 30.1 Å². The Morgan fingerprint density at radius 3 is 2.60 bits per heavy atom. The molecule has 6 heteroatoms. The van der Waals surface area contributed by atoms with Crippen molar-refractivity contribution in [2.75, 3.05) is 16.8 Å². The maximum atomic E-state index is 13.9. The molecule has 0 bridgehead atoms. The van der Waals surface area contributed by atoms with Gasteiger partial charge in [0.15, 0.2) is 5.82 Å². The Balaban J connectivity index is 2.37. The third kappa shape index (κ3) is 2.61. The highest BCUT2D eigenvalue weighted by Gasteiger charge is 2.39. The number of hydrogen-bond acceptors (Lipinski definition) is 2. The van der Waals surface area contributed by atoms with E-state index in [-0.39, 0.29) is 23.7 Å². The molecule has 0 N–H and O–H groups in total. The molecule has 2 rings (SSSR count). The summed E-state index contributed by atoms with van der Waals surface area (Å²) in [6, 6.07) is 1.61. The van der Waals surface area contributed by atoms with Gasteiger partial charge in [0.25, 0.3) is 11.7 Å². The molecule has 1 aliphatic heterocycles. The molecule has 0 spiro atoms. The van der Waals surface area contributed by atoms with E-state index in [1.54, 1.807) is 0 Å². The lowest BCUT2D eigenvalue weighted by atomic mass is 10.1. The predicted octanol–water partition coefficient (Wildman–Crippen LogP) is 3.31. The summed E-state index contributed by atoms with van der Waals surface area (Å²) >= 11 is 3.35. The lowest BCUT2D eigenvalue weighted by molar-refractivity contribution is -0.114. The number of fused-ring (bicyclic) bond motifs is 1. The summed E-state index contributed by atoms with van der Waals surface area (Å²) in [4.78, 5) is 24.9. The molecule has 0 fully saturated rings. The molecule has 1 unspecified atom stereocenters. The highest BCUT2D eigenvalue weighted by molar-refractivity contribution is 9.09. The predicted molar refractivity (Wildman–Crippen MR) is 75.2 cm³/mol. The molecule has 1 aromatic carbocycles. The molecule has 0 saturated heterocycles. The fourth-order valence-electron chi connectivity index (χ4n) is 2.41. The Labute approximate surface area is 124 Å². The second-order valence-corrected chi connectivity index (χ2v) is 5.49. The Kier molecular flexibility index (Phi) is 4.52. The molecule has 1 aliphatic rings. The number of carbonyl (C=O) groups excluding carboxylic acids is 2. The second kappa shape index (κ2) is 5.99. The molecular formula is C14H14BrF2NO2. The Bertz CT molecular complexity index is 562. The van der Waals surface area contributed by atoms with E-state index < -0.39 is 23.3 Å². The van der Waals surface area contributed by atoms with E-state index in [2.05, 4.69) is 15.9 Å². The summed E-state index contributed by atoms with van der Waals surface area (Å²) in [6.07, 6.45) is 1.77. The first kappa shape index (κ1) is 15.1. The molecule has 3 nitrogen and oxygen atoms in total. The number of Topliss-reactive ketones (excluding diaryl/α,β-unsaturated/α-hetero) is 1. The van der Waals surface area contributed by atoms with Gasteiger partial charge in [-0.25, -0.2) is 8.78 Å². The molecule has 0 radical (unpaired) electrons. The highest BCUT2D eigenvalue weighted by atomic mass is 79.9. The number of amides is 1. The van der Waals surface area contributed by atoms with E-state index in [1.165, 1.54) is 0 Å². The first-order valence-corrected chi connectivity index (χ1v) is 7.52. The normalized spacial score (nSPS) is 15.7. The van der Waals surface area contributed by atoms with Crippen LogP contribution in [0.3, 0.4) is 0 Å². The number of ketones is 1. The van der Waals surface area contributed by atoms with Crippen molar-refractivity contribution < 1.29 is 18.4 Å². The zero-order valence-electron chi connectivity index (χ0n) is 11.0. The van der Waals surface area contributed by atoms with Crippen molar-refractivity contribution in [3.63, 3.8) is 0 Å². The molecule has 20 heavy (non-hydrogen) atoms. The van der Waals surface area contributed by atoms with Crippen LogP contribution < -0.4 is 4.90 Å². The SMILES string of the molecule is CCCC(CBr)CN1C(=O)C(=O)c2cc(F)cc(F)c21. The van der Waals surface area contributed by atoms with Gasteiger partial charge in [-0.05, 0) is 18.4 Å². The summed E-state index contributed by atoms with van der Waals surface area (Å²) in [5.41, 5.74) is -0.277. The minimum Gasteiger partial charge on any atom is -0.302 e. The molecule has 108 valence electrons. The van der Waals surface area contributed by atoms with Gasteiger partial charge in [-0.15, -0.1) is 0 Å². The molecule has 1 atom stereocenters. The number of rotatable bonds is 5. The third-order valence-corrected chi connectivity index (χ3v) is 4.25. The molecule has 0 aliphatic carbocycles. The van der Waals surface area contributed by atoms with Crippen LogP contribution in [0.5, 0.6) is 0 Å². The van der Waals surface area contributed by atoms with Crippen molar-refractivity contribution >= 4 is 33.3 Å². The van der Waals surface area contributed by atoms with Gasteiger partial charge in [0.05, 0.1) is 11.3 Å². The first-order valence-electron chi connectivity index (χ1n) is 6.40. The monoisotopic (exact) mass is 345 g/mol. The molecule has 1 amide bonds. The van der Waals surface area contributed by atoms with Gasteiger partial charge in [-0.1, -0.05) is 29.3 Å². The number of carbonyl (C=O) groups is 2.